The Morgan fingerprint density at radius 1 is 1.26 bits per heavy atom. The van der Waals surface area contributed by atoms with E-state index in [9.17, 15) is 0 Å². The number of rotatable bonds is 9. The molecule has 0 saturated carbocycles. The molecule has 1 aromatic rings. The topological polar surface area (TPSA) is 28.2 Å². The van der Waals surface area contributed by atoms with Crippen LogP contribution in [0.25, 0.3) is 0 Å². The van der Waals surface area contributed by atoms with Crippen LogP contribution in [0, 0.1) is 6.92 Å². The van der Waals surface area contributed by atoms with Crippen LogP contribution in [0.3, 0.4) is 0 Å². The van der Waals surface area contributed by atoms with E-state index in [0.717, 1.165) is 32.6 Å². The van der Waals surface area contributed by atoms with Crippen LogP contribution in [0.4, 0.5) is 0 Å². The van der Waals surface area contributed by atoms with Gasteiger partial charge < -0.3 is 10.2 Å². The van der Waals surface area contributed by atoms with Crippen molar-refractivity contribution in [3.63, 3.8) is 0 Å². The number of aromatic nitrogens is 1. The van der Waals surface area contributed by atoms with Gasteiger partial charge in [-0.2, -0.15) is 0 Å². The number of aryl methyl sites for hydroxylation is 1. The van der Waals surface area contributed by atoms with Crippen molar-refractivity contribution in [3.05, 3.63) is 29.6 Å². The van der Waals surface area contributed by atoms with Gasteiger partial charge in [0, 0.05) is 18.4 Å². The highest BCUT2D eigenvalue weighted by Gasteiger charge is 2.14. The lowest BCUT2D eigenvalue weighted by atomic mass is 10.0. The Labute approximate surface area is 118 Å². The summed E-state index contributed by atoms with van der Waals surface area (Å²) in [6.07, 6.45) is 6.21. The van der Waals surface area contributed by atoms with Gasteiger partial charge in [0.2, 0.25) is 0 Å². The molecule has 0 amide bonds. The molecule has 1 atom stereocenters. The van der Waals surface area contributed by atoms with Gasteiger partial charge in [-0.05, 0) is 63.1 Å². The van der Waals surface area contributed by atoms with E-state index in [1.807, 2.05) is 12.4 Å². The summed E-state index contributed by atoms with van der Waals surface area (Å²) in [5.74, 6) is 0. The highest BCUT2D eigenvalue weighted by molar-refractivity contribution is 5.25. The summed E-state index contributed by atoms with van der Waals surface area (Å²) in [4.78, 5) is 6.77. The zero-order valence-corrected chi connectivity index (χ0v) is 12.9. The highest BCUT2D eigenvalue weighted by atomic mass is 15.1. The van der Waals surface area contributed by atoms with E-state index in [2.05, 4.69) is 49.0 Å². The highest BCUT2D eigenvalue weighted by Crippen LogP contribution is 2.20. The molecule has 1 heterocycles. The van der Waals surface area contributed by atoms with Crippen LogP contribution in [-0.2, 0) is 0 Å². The summed E-state index contributed by atoms with van der Waals surface area (Å²) in [7, 11) is 0. The molecule has 0 bridgehead atoms. The van der Waals surface area contributed by atoms with Crippen molar-refractivity contribution in [2.24, 2.45) is 0 Å². The molecule has 1 unspecified atom stereocenters. The molecule has 0 spiro atoms. The smallest absolute Gasteiger partial charge is 0.0350 e. The Morgan fingerprint density at radius 2 is 2.00 bits per heavy atom. The average Bonchev–Trinajstić information content (AvgIpc) is 2.44. The fourth-order valence-corrected chi connectivity index (χ4v) is 2.38. The number of nitrogens with one attached hydrogen (secondary N) is 1. The van der Waals surface area contributed by atoms with Gasteiger partial charge in [-0.1, -0.05) is 20.8 Å². The van der Waals surface area contributed by atoms with Crippen LogP contribution >= 0.6 is 0 Å². The van der Waals surface area contributed by atoms with Gasteiger partial charge in [0.05, 0.1) is 0 Å². The van der Waals surface area contributed by atoms with Gasteiger partial charge in [0.15, 0.2) is 0 Å². The maximum absolute atomic E-state index is 4.29. The molecule has 0 saturated heterocycles. The standard InChI is InChI=1S/C16H29N3/c1-5-10-18-16(9-12-19(6-2)7-3)15-13-17-11-8-14(15)4/h8,11,13,16,18H,5-7,9-10,12H2,1-4H3. The predicted octanol–water partition coefficient (Wildman–Crippen LogP) is 3.16. The first-order chi connectivity index (χ1) is 9.22. The van der Waals surface area contributed by atoms with E-state index in [1.54, 1.807) is 0 Å². The lowest BCUT2D eigenvalue weighted by Gasteiger charge is -2.24. The van der Waals surface area contributed by atoms with Crippen molar-refractivity contribution in [2.45, 2.75) is 46.6 Å². The zero-order valence-electron chi connectivity index (χ0n) is 12.9. The molecular formula is C16H29N3. The van der Waals surface area contributed by atoms with Crippen molar-refractivity contribution in [1.82, 2.24) is 15.2 Å². The first kappa shape index (κ1) is 16.1. The predicted molar refractivity (Wildman–Crippen MR) is 82.4 cm³/mol. The normalized spacial score (nSPS) is 12.9. The lowest BCUT2D eigenvalue weighted by molar-refractivity contribution is 0.281. The largest absolute Gasteiger partial charge is 0.310 e. The first-order valence-corrected chi connectivity index (χ1v) is 7.59. The summed E-state index contributed by atoms with van der Waals surface area (Å²) in [6.45, 7) is 13.3. The second-order valence-electron chi connectivity index (χ2n) is 5.05. The number of pyridine rings is 1. The van der Waals surface area contributed by atoms with Gasteiger partial charge >= 0.3 is 0 Å². The van der Waals surface area contributed by atoms with Crippen LogP contribution in [0.2, 0.25) is 0 Å². The maximum atomic E-state index is 4.29. The quantitative estimate of drug-likeness (QED) is 0.742. The molecule has 0 aliphatic heterocycles. The molecule has 1 aromatic heterocycles. The van der Waals surface area contributed by atoms with Crippen molar-refractivity contribution >= 4 is 0 Å². The molecule has 0 aromatic carbocycles. The van der Waals surface area contributed by atoms with E-state index < -0.39 is 0 Å². The van der Waals surface area contributed by atoms with Gasteiger partial charge in [0.1, 0.15) is 0 Å². The molecule has 0 fully saturated rings. The van der Waals surface area contributed by atoms with Crippen LogP contribution < -0.4 is 5.32 Å². The third kappa shape index (κ3) is 5.29. The minimum atomic E-state index is 0.425. The lowest BCUT2D eigenvalue weighted by Crippen LogP contribution is -2.30. The minimum absolute atomic E-state index is 0.425. The Morgan fingerprint density at radius 3 is 2.58 bits per heavy atom. The third-order valence-corrected chi connectivity index (χ3v) is 3.72. The molecule has 1 rings (SSSR count). The molecule has 0 aliphatic rings. The van der Waals surface area contributed by atoms with Crippen LogP contribution in [0.5, 0.6) is 0 Å². The van der Waals surface area contributed by atoms with Gasteiger partial charge in [-0.15, -0.1) is 0 Å². The van der Waals surface area contributed by atoms with E-state index in [4.69, 9.17) is 0 Å². The summed E-state index contributed by atoms with van der Waals surface area (Å²) >= 11 is 0. The monoisotopic (exact) mass is 263 g/mol. The van der Waals surface area contributed by atoms with Crippen LogP contribution in [-0.4, -0.2) is 36.1 Å². The Hall–Kier alpha value is -0.930. The molecule has 108 valence electrons. The van der Waals surface area contributed by atoms with Gasteiger partial charge in [-0.3, -0.25) is 4.98 Å². The first-order valence-electron chi connectivity index (χ1n) is 7.59. The van der Waals surface area contributed by atoms with Crippen molar-refractivity contribution < 1.29 is 0 Å². The van der Waals surface area contributed by atoms with Crippen LogP contribution in [0.1, 0.15) is 50.8 Å². The Kier molecular flexibility index (Phi) is 7.68. The second kappa shape index (κ2) is 9.05. The van der Waals surface area contributed by atoms with E-state index >= 15 is 0 Å². The summed E-state index contributed by atoms with van der Waals surface area (Å²) in [6, 6.07) is 2.53. The van der Waals surface area contributed by atoms with E-state index in [1.165, 1.54) is 17.5 Å². The van der Waals surface area contributed by atoms with Crippen LogP contribution in [0.15, 0.2) is 18.5 Å². The average molecular weight is 263 g/mol. The number of hydrogen-bond acceptors (Lipinski definition) is 3. The summed E-state index contributed by atoms with van der Waals surface area (Å²) in [5.41, 5.74) is 2.69. The zero-order chi connectivity index (χ0) is 14.1. The van der Waals surface area contributed by atoms with E-state index in [0.29, 0.717) is 6.04 Å². The molecule has 3 nitrogen and oxygen atoms in total. The van der Waals surface area contributed by atoms with Crippen molar-refractivity contribution in [1.29, 1.82) is 0 Å². The summed E-state index contributed by atoms with van der Waals surface area (Å²) in [5, 5.41) is 3.66. The summed E-state index contributed by atoms with van der Waals surface area (Å²) < 4.78 is 0. The Bertz CT molecular complexity index is 348. The molecule has 1 N–H and O–H groups in total. The van der Waals surface area contributed by atoms with E-state index in [-0.39, 0.29) is 0 Å². The minimum Gasteiger partial charge on any atom is -0.310 e. The second-order valence-corrected chi connectivity index (χ2v) is 5.05. The molecular weight excluding hydrogens is 234 g/mol. The van der Waals surface area contributed by atoms with Gasteiger partial charge in [0.25, 0.3) is 0 Å². The third-order valence-electron chi connectivity index (χ3n) is 3.72. The Balaban J connectivity index is 2.69. The number of nitrogens with zero attached hydrogens (tertiary/aromatic N) is 2. The van der Waals surface area contributed by atoms with Crippen molar-refractivity contribution in [3.8, 4) is 0 Å². The molecule has 3 heteroatoms. The molecule has 0 radical (unpaired) electrons. The fourth-order valence-electron chi connectivity index (χ4n) is 2.38. The molecule has 0 aliphatic carbocycles. The van der Waals surface area contributed by atoms with Gasteiger partial charge in [-0.25, -0.2) is 0 Å². The fraction of sp³-hybridized carbons (Fsp3) is 0.688. The maximum Gasteiger partial charge on any atom is 0.0350 e. The SMILES string of the molecule is CCCNC(CCN(CC)CC)c1cnccc1C. The molecule has 19 heavy (non-hydrogen) atoms. The number of hydrogen-bond donors (Lipinski definition) is 1. The van der Waals surface area contributed by atoms with Crippen molar-refractivity contribution in [2.75, 3.05) is 26.2 Å².